The summed E-state index contributed by atoms with van der Waals surface area (Å²) >= 11 is 5.98. The number of nitrogens with one attached hydrogen (secondary N) is 2. The number of carbonyl (C=O) groups excluding carboxylic acids is 1. The van der Waals surface area contributed by atoms with Crippen molar-refractivity contribution in [2.24, 2.45) is 0 Å². The highest BCUT2D eigenvalue weighted by atomic mass is 35.5. The van der Waals surface area contributed by atoms with Crippen molar-refractivity contribution in [1.29, 1.82) is 5.26 Å². The lowest BCUT2D eigenvalue weighted by Crippen LogP contribution is -2.45. The van der Waals surface area contributed by atoms with Crippen LogP contribution in [-0.2, 0) is 14.6 Å². The molecule has 1 saturated carbocycles. The summed E-state index contributed by atoms with van der Waals surface area (Å²) in [5, 5.41) is 13.3. The van der Waals surface area contributed by atoms with E-state index in [1.807, 2.05) is 6.07 Å². The van der Waals surface area contributed by atoms with E-state index in [9.17, 15) is 26.4 Å². The van der Waals surface area contributed by atoms with Crippen molar-refractivity contribution in [2.45, 2.75) is 47.2 Å². The molecule has 12 heteroatoms. The van der Waals surface area contributed by atoms with Gasteiger partial charge in [-0.15, -0.1) is 0 Å². The van der Waals surface area contributed by atoms with Gasteiger partial charge in [0.25, 0.3) is 0 Å². The van der Waals surface area contributed by atoms with Gasteiger partial charge >= 0.3 is 6.18 Å². The number of halogens is 4. The van der Waals surface area contributed by atoms with Crippen LogP contribution in [0.5, 0.6) is 5.75 Å². The molecule has 2 fully saturated rings. The molecule has 7 nitrogen and oxygen atoms in total. The summed E-state index contributed by atoms with van der Waals surface area (Å²) in [6.07, 6.45) is -3.44. The summed E-state index contributed by atoms with van der Waals surface area (Å²) in [5.41, 5.74) is -0.856. The van der Waals surface area contributed by atoms with Gasteiger partial charge in [-0.3, -0.25) is 4.79 Å². The quantitative estimate of drug-likeness (QED) is 0.684. The van der Waals surface area contributed by atoms with E-state index in [1.165, 1.54) is 0 Å². The van der Waals surface area contributed by atoms with Crippen molar-refractivity contribution in [1.82, 2.24) is 10.6 Å². The van der Waals surface area contributed by atoms with Gasteiger partial charge in [0, 0.05) is 12.6 Å². The highest BCUT2D eigenvalue weighted by molar-refractivity contribution is 7.92. The molecule has 2 atom stereocenters. The van der Waals surface area contributed by atoms with Crippen molar-refractivity contribution in [3.63, 3.8) is 0 Å². The molecule has 0 radical (unpaired) electrons. The van der Waals surface area contributed by atoms with Gasteiger partial charge in [-0.2, -0.15) is 18.4 Å². The number of amides is 1. The number of benzene rings is 1. The molecular weight excluding hydrogens is 435 g/mol. The fourth-order valence-corrected chi connectivity index (χ4v) is 5.20. The normalized spacial score (nSPS) is 23.3. The summed E-state index contributed by atoms with van der Waals surface area (Å²) in [6.45, 7) is -1.52. The Hall–Kier alpha value is -2.03. The maximum absolute atomic E-state index is 12.9. The summed E-state index contributed by atoms with van der Waals surface area (Å²) in [7, 11) is -3.95. The molecule has 1 aliphatic carbocycles. The van der Waals surface area contributed by atoms with Crippen LogP contribution < -0.4 is 15.4 Å². The van der Waals surface area contributed by atoms with Crippen molar-refractivity contribution in [3.05, 3.63) is 23.2 Å². The first-order valence-electron chi connectivity index (χ1n) is 8.65. The molecule has 0 aromatic heterocycles. The fraction of sp³-hybridized carbons (Fsp3) is 0.529. The molecule has 1 amide bonds. The third kappa shape index (κ3) is 4.94. The SMILES string of the molecule is N#CC1(NC(=O)C2CC(S(=O)(=O)c3ccc(OCC(F)(F)F)cc3Cl)CN2)CC1. The van der Waals surface area contributed by atoms with Crippen LogP contribution in [0.4, 0.5) is 13.2 Å². The zero-order valence-corrected chi connectivity index (χ0v) is 16.5. The van der Waals surface area contributed by atoms with Crippen LogP contribution in [0, 0.1) is 11.3 Å². The Kier molecular flexibility index (Phi) is 5.73. The van der Waals surface area contributed by atoms with E-state index < -0.39 is 45.4 Å². The average Bonchev–Trinajstić information content (AvgIpc) is 3.21. The van der Waals surface area contributed by atoms with E-state index in [1.54, 1.807) is 0 Å². The van der Waals surface area contributed by atoms with E-state index in [2.05, 4.69) is 15.4 Å². The minimum atomic E-state index is -4.53. The number of ether oxygens (including phenoxy) is 1. The second kappa shape index (κ2) is 7.66. The number of carbonyl (C=O) groups is 1. The minimum Gasteiger partial charge on any atom is -0.484 e. The van der Waals surface area contributed by atoms with Gasteiger partial charge in [0.2, 0.25) is 5.91 Å². The Bertz CT molecular complexity index is 958. The first kappa shape index (κ1) is 21.7. The Morgan fingerprint density at radius 1 is 1.41 bits per heavy atom. The molecule has 2 aliphatic rings. The third-order valence-corrected chi connectivity index (χ3v) is 7.42. The smallest absolute Gasteiger partial charge is 0.422 e. The van der Waals surface area contributed by atoms with E-state index in [0.717, 1.165) is 18.2 Å². The number of nitriles is 1. The van der Waals surface area contributed by atoms with Gasteiger partial charge in [0.1, 0.15) is 11.3 Å². The first-order chi connectivity index (χ1) is 13.5. The zero-order valence-electron chi connectivity index (χ0n) is 14.9. The molecule has 158 valence electrons. The third-order valence-electron chi connectivity index (χ3n) is 4.78. The second-order valence-corrected chi connectivity index (χ2v) is 9.65. The Morgan fingerprint density at radius 2 is 2.10 bits per heavy atom. The van der Waals surface area contributed by atoms with Crippen LogP contribution in [0.3, 0.4) is 0 Å². The van der Waals surface area contributed by atoms with Crippen LogP contribution >= 0.6 is 11.6 Å². The molecule has 29 heavy (non-hydrogen) atoms. The molecule has 1 aromatic carbocycles. The lowest BCUT2D eigenvalue weighted by Gasteiger charge is -2.15. The number of nitrogens with zero attached hydrogens (tertiary/aromatic N) is 1. The van der Waals surface area contributed by atoms with Gasteiger partial charge in [0.05, 0.1) is 27.3 Å². The maximum atomic E-state index is 12.9. The second-order valence-electron chi connectivity index (χ2n) is 7.04. The monoisotopic (exact) mass is 451 g/mol. The standard InChI is InChI=1S/C17H17ClF3N3O4S/c18-12-5-10(28-9-17(19,20)21)1-2-14(12)29(26,27)11-6-13(23-7-11)15(25)24-16(8-22)3-4-16/h1-2,5,11,13,23H,3-4,6-7,9H2,(H,24,25). The summed E-state index contributed by atoms with van der Waals surface area (Å²) < 4.78 is 67.0. The van der Waals surface area contributed by atoms with E-state index in [4.69, 9.17) is 16.9 Å². The Morgan fingerprint density at radius 3 is 2.66 bits per heavy atom. The predicted octanol–water partition coefficient (Wildman–Crippen LogP) is 1.96. The molecule has 2 N–H and O–H groups in total. The van der Waals surface area contributed by atoms with Crippen LogP contribution in [0.1, 0.15) is 19.3 Å². The van der Waals surface area contributed by atoms with Gasteiger partial charge in [0.15, 0.2) is 16.4 Å². The van der Waals surface area contributed by atoms with Crippen LogP contribution in [0.15, 0.2) is 23.1 Å². The largest absolute Gasteiger partial charge is 0.484 e. The molecule has 3 rings (SSSR count). The highest BCUT2D eigenvalue weighted by Crippen LogP contribution is 2.35. The summed E-state index contributed by atoms with van der Waals surface area (Å²) in [4.78, 5) is 12.0. The van der Waals surface area contributed by atoms with E-state index in [0.29, 0.717) is 12.8 Å². The number of sulfone groups is 1. The van der Waals surface area contributed by atoms with Crippen molar-refractivity contribution in [2.75, 3.05) is 13.2 Å². The lowest BCUT2D eigenvalue weighted by molar-refractivity contribution is -0.153. The van der Waals surface area contributed by atoms with Crippen molar-refractivity contribution < 1.29 is 31.1 Å². The molecule has 1 aliphatic heterocycles. The van der Waals surface area contributed by atoms with E-state index in [-0.39, 0.29) is 28.6 Å². The maximum Gasteiger partial charge on any atom is 0.422 e. The molecule has 0 bridgehead atoms. The highest BCUT2D eigenvalue weighted by Gasteiger charge is 2.47. The molecular formula is C17H17ClF3N3O4S. The predicted molar refractivity (Wildman–Crippen MR) is 96.1 cm³/mol. The van der Waals surface area contributed by atoms with Gasteiger partial charge in [-0.25, -0.2) is 8.42 Å². The van der Waals surface area contributed by atoms with Crippen LogP contribution in [0.25, 0.3) is 0 Å². The average molecular weight is 452 g/mol. The van der Waals surface area contributed by atoms with Crippen molar-refractivity contribution in [3.8, 4) is 11.8 Å². The summed E-state index contributed by atoms with van der Waals surface area (Å²) in [5.74, 6) is -0.650. The molecule has 1 aromatic rings. The number of hydrogen-bond acceptors (Lipinski definition) is 6. The lowest BCUT2D eigenvalue weighted by atomic mass is 10.2. The van der Waals surface area contributed by atoms with Gasteiger partial charge in [-0.1, -0.05) is 11.6 Å². The van der Waals surface area contributed by atoms with Crippen LogP contribution in [0.2, 0.25) is 5.02 Å². The number of rotatable bonds is 6. The van der Waals surface area contributed by atoms with Gasteiger partial charge < -0.3 is 15.4 Å². The zero-order chi connectivity index (χ0) is 21.4. The summed E-state index contributed by atoms with van der Waals surface area (Å²) in [6, 6.07) is 4.46. The fourth-order valence-electron chi connectivity index (χ4n) is 3.00. The minimum absolute atomic E-state index is 0.00261. The van der Waals surface area contributed by atoms with E-state index >= 15 is 0 Å². The van der Waals surface area contributed by atoms with Crippen molar-refractivity contribution >= 4 is 27.3 Å². The number of hydrogen-bond donors (Lipinski definition) is 2. The Labute approximate surface area is 170 Å². The van der Waals surface area contributed by atoms with Gasteiger partial charge in [-0.05, 0) is 31.4 Å². The molecule has 2 unspecified atom stereocenters. The molecule has 1 heterocycles. The van der Waals surface area contributed by atoms with Crippen LogP contribution in [-0.4, -0.2) is 50.5 Å². The molecule has 0 spiro atoms. The molecule has 1 saturated heterocycles. The topological polar surface area (TPSA) is 108 Å². The first-order valence-corrected chi connectivity index (χ1v) is 10.6. The number of alkyl halides is 3. The Balaban J connectivity index is 1.68.